The average Bonchev–Trinajstić information content (AvgIpc) is 3.28. The van der Waals surface area contributed by atoms with Crippen molar-refractivity contribution < 1.29 is 39.1 Å². The molecule has 1 fully saturated rings. The summed E-state index contributed by atoms with van der Waals surface area (Å²) in [6, 6.07) is 19.7. The first-order valence-electron chi connectivity index (χ1n) is 9.42. The summed E-state index contributed by atoms with van der Waals surface area (Å²) in [5.74, 6) is 0. The predicted molar refractivity (Wildman–Crippen MR) is 109 cm³/mol. The first kappa shape index (κ1) is 22.6. The second-order valence-corrected chi connectivity index (χ2v) is 12.1. The van der Waals surface area contributed by atoms with Crippen LogP contribution in [0.15, 0.2) is 54.6 Å². The van der Waals surface area contributed by atoms with Crippen LogP contribution in [0.1, 0.15) is 36.5 Å². The third-order valence-corrected chi connectivity index (χ3v) is 8.53. The van der Waals surface area contributed by atoms with Crippen molar-refractivity contribution in [3.63, 3.8) is 0 Å². The van der Waals surface area contributed by atoms with Crippen LogP contribution in [0.25, 0.3) is 5.70 Å². The van der Waals surface area contributed by atoms with Gasteiger partial charge in [-0.05, 0) is 18.4 Å². The van der Waals surface area contributed by atoms with Crippen LogP contribution >= 0.6 is 0 Å². The summed E-state index contributed by atoms with van der Waals surface area (Å²) in [5.41, 5.74) is 6.03. The molecular weight excluding hydrogens is 334 g/mol. The monoisotopic (exact) mass is 362 g/mol. The SMILES string of the molecule is C[Si](C)(NCc1ccccc1)C1[C-]=C(N2CCCC2)c2ccccc21.[H-].[Li+].[Li+]. The van der Waals surface area contributed by atoms with Crippen molar-refractivity contribution in [1.82, 2.24) is 9.88 Å². The largest absolute Gasteiger partial charge is 1.00 e. The molecule has 1 N–H and O–H groups in total. The van der Waals surface area contributed by atoms with Crippen LogP contribution in [0.2, 0.25) is 13.1 Å². The second kappa shape index (κ2) is 9.71. The topological polar surface area (TPSA) is 15.3 Å². The Bertz CT molecular complexity index is 777. The Morgan fingerprint density at radius 3 is 2.33 bits per heavy atom. The Hall–Kier alpha value is -0.648. The standard InChI is InChI=1S/C22H27N2Si.2Li.H/c1-25(2,23-17-18-10-4-3-5-11-18)22-16-21(24-14-8-9-15-24)19-12-6-7-13-20(19)22;;;/h3-7,10-13,22-23H,8-9,14-15,17H2,1-2H3;;;/q-1;2*+1;-1. The molecule has 132 valence electrons. The number of benzene rings is 2. The van der Waals surface area contributed by atoms with E-state index in [9.17, 15) is 0 Å². The van der Waals surface area contributed by atoms with Crippen molar-refractivity contribution in [2.24, 2.45) is 0 Å². The molecule has 0 radical (unpaired) electrons. The quantitative estimate of drug-likeness (QED) is 0.524. The molecule has 2 aliphatic rings. The van der Waals surface area contributed by atoms with Crippen molar-refractivity contribution in [1.29, 1.82) is 0 Å². The van der Waals surface area contributed by atoms with Gasteiger partial charge in [-0.3, -0.25) is 0 Å². The van der Waals surface area contributed by atoms with Gasteiger partial charge in [-0.25, -0.2) is 6.08 Å². The predicted octanol–water partition coefficient (Wildman–Crippen LogP) is -1.32. The molecular formula is C22H28Li2N2Si. The minimum atomic E-state index is -1.71. The first-order chi connectivity index (χ1) is 12.1. The number of fused-ring (bicyclic) bond motifs is 1. The summed E-state index contributed by atoms with van der Waals surface area (Å²) >= 11 is 0. The Kier molecular flexibility index (Phi) is 8.14. The minimum Gasteiger partial charge on any atom is -1.00 e. The van der Waals surface area contributed by atoms with Gasteiger partial charge in [0.2, 0.25) is 0 Å². The second-order valence-electron chi connectivity index (χ2n) is 7.77. The first-order valence-corrected chi connectivity index (χ1v) is 12.5. The zero-order chi connectivity index (χ0) is 17.3. The normalized spacial score (nSPS) is 18.4. The molecule has 1 saturated heterocycles. The van der Waals surface area contributed by atoms with Gasteiger partial charge in [0.1, 0.15) is 8.24 Å². The fraction of sp³-hybridized carbons (Fsp3) is 0.364. The van der Waals surface area contributed by atoms with Crippen molar-refractivity contribution in [3.05, 3.63) is 77.4 Å². The van der Waals surface area contributed by atoms with Crippen LogP contribution in [-0.4, -0.2) is 26.2 Å². The summed E-state index contributed by atoms with van der Waals surface area (Å²) in [6.07, 6.45) is 6.54. The van der Waals surface area contributed by atoms with Gasteiger partial charge in [-0.1, -0.05) is 67.2 Å². The zero-order valence-electron chi connectivity index (χ0n) is 18.3. The van der Waals surface area contributed by atoms with Crippen LogP contribution in [0, 0.1) is 6.08 Å². The Morgan fingerprint density at radius 2 is 1.63 bits per heavy atom. The average molecular weight is 362 g/mol. The van der Waals surface area contributed by atoms with E-state index >= 15 is 0 Å². The molecule has 1 atom stereocenters. The van der Waals surface area contributed by atoms with Gasteiger partial charge in [-0.2, -0.15) is 5.56 Å². The minimum absolute atomic E-state index is 0. The number of allylic oxidation sites excluding steroid dienone is 1. The third kappa shape index (κ3) is 4.86. The number of hydrogen-bond donors (Lipinski definition) is 1. The Balaban J connectivity index is 0.00000131. The number of nitrogens with one attached hydrogen (secondary N) is 1. The van der Waals surface area contributed by atoms with E-state index in [0.29, 0.717) is 5.54 Å². The van der Waals surface area contributed by atoms with E-state index in [-0.39, 0.29) is 39.1 Å². The van der Waals surface area contributed by atoms with Crippen molar-refractivity contribution in [2.75, 3.05) is 13.1 Å². The molecule has 0 amide bonds. The molecule has 1 aliphatic carbocycles. The van der Waals surface area contributed by atoms with Crippen LogP contribution in [0.4, 0.5) is 0 Å². The summed E-state index contributed by atoms with van der Waals surface area (Å²) < 4.78 is 0. The fourth-order valence-corrected chi connectivity index (χ4v) is 6.45. The molecule has 0 aromatic heterocycles. The molecule has 2 aromatic rings. The third-order valence-electron chi connectivity index (χ3n) is 5.54. The van der Waals surface area contributed by atoms with Gasteiger partial charge in [0, 0.05) is 19.6 Å². The number of nitrogens with zero attached hydrogens (tertiary/aromatic N) is 1. The molecule has 4 rings (SSSR count). The zero-order valence-corrected chi connectivity index (χ0v) is 18.3. The maximum atomic E-state index is 3.92. The van der Waals surface area contributed by atoms with Crippen molar-refractivity contribution in [3.8, 4) is 0 Å². The van der Waals surface area contributed by atoms with Crippen LogP contribution < -0.4 is 42.7 Å². The van der Waals surface area contributed by atoms with E-state index in [1.807, 2.05) is 0 Å². The Labute approximate surface area is 190 Å². The van der Waals surface area contributed by atoms with E-state index in [0.717, 1.165) is 6.54 Å². The van der Waals surface area contributed by atoms with Crippen molar-refractivity contribution in [2.45, 2.75) is 38.0 Å². The van der Waals surface area contributed by atoms with Gasteiger partial charge >= 0.3 is 37.7 Å². The van der Waals surface area contributed by atoms with E-state index in [2.05, 4.69) is 83.6 Å². The summed E-state index contributed by atoms with van der Waals surface area (Å²) in [5, 5.41) is 0. The van der Waals surface area contributed by atoms with Crippen molar-refractivity contribution >= 4 is 13.9 Å². The summed E-state index contributed by atoms with van der Waals surface area (Å²) in [4.78, 5) is 6.46. The van der Waals surface area contributed by atoms with Gasteiger partial charge < -0.3 is 11.3 Å². The molecule has 2 nitrogen and oxygen atoms in total. The van der Waals surface area contributed by atoms with Crippen LogP contribution in [0.3, 0.4) is 0 Å². The maximum absolute atomic E-state index is 3.92. The molecule has 0 saturated carbocycles. The molecule has 5 heteroatoms. The number of hydrogen-bond acceptors (Lipinski definition) is 2. The molecule has 1 unspecified atom stereocenters. The molecule has 27 heavy (non-hydrogen) atoms. The Morgan fingerprint density at radius 1 is 1.00 bits per heavy atom. The molecule has 0 spiro atoms. The van der Waals surface area contributed by atoms with Gasteiger partial charge in [0.25, 0.3) is 0 Å². The van der Waals surface area contributed by atoms with Gasteiger partial charge in [0.15, 0.2) is 0 Å². The fourth-order valence-electron chi connectivity index (χ4n) is 4.06. The number of likely N-dealkylation sites (tertiary alicyclic amines) is 1. The smallest absolute Gasteiger partial charge is 1.00 e. The summed E-state index contributed by atoms with van der Waals surface area (Å²) in [6.45, 7) is 8.19. The molecule has 1 aliphatic heterocycles. The van der Waals surface area contributed by atoms with E-state index < -0.39 is 8.24 Å². The van der Waals surface area contributed by atoms with E-state index in [1.165, 1.54) is 48.3 Å². The molecule has 2 aromatic carbocycles. The van der Waals surface area contributed by atoms with Gasteiger partial charge in [-0.15, -0.1) is 17.3 Å². The van der Waals surface area contributed by atoms with Gasteiger partial charge in [0.05, 0.1) is 0 Å². The van der Waals surface area contributed by atoms with E-state index in [1.54, 1.807) is 0 Å². The van der Waals surface area contributed by atoms with Crippen LogP contribution in [-0.2, 0) is 6.54 Å². The molecule has 1 heterocycles. The summed E-state index contributed by atoms with van der Waals surface area (Å²) in [7, 11) is -1.71. The van der Waals surface area contributed by atoms with E-state index in [4.69, 9.17) is 0 Å². The maximum Gasteiger partial charge on any atom is 1.00 e. The van der Waals surface area contributed by atoms with Crippen LogP contribution in [0.5, 0.6) is 0 Å². The number of rotatable bonds is 5. The molecule has 0 bridgehead atoms.